The summed E-state index contributed by atoms with van der Waals surface area (Å²) in [5.74, 6) is 1.22. The van der Waals surface area contributed by atoms with Gasteiger partial charge in [-0.1, -0.05) is 54.5 Å². The lowest BCUT2D eigenvalue weighted by atomic mass is 10.1. The van der Waals surface area contributed by atoms with Crippen LogP contribution in [0.3, 0.4) is 0 Å². The van der Waals surface area contributed by atoms with Crippen molar-refractivity contribution in [3.8, 4) is 11.3 Å². The number of benzene rings is 1. The van der Waals surface area contributed by atoms with Crippen LogP contribution in [0.5, 0.6) is 0 Å². The molecule has 0 saturated carbocycles. The van der Waals surface area contributed by atoms with E-state index < -0.39 is 0 Å². The SMILES string of the molecule is CC(C)(C)Nc1c(-c2ccccc2)nc2sc(N3CCN(CC(=O)N4CCCCCC4)CC3)nn12. The van der Waals surface area contributed by atoms with Crippen molar-refractivity contribution >= 4 is 33.2 Å². The number of carbonyl (C=O) groups is 1. The fourth-order valence-corrected chi connectivity index (χ4v) is 5.79. The minimum absolute atomic E-state index is 0.116. The summed E-state index contributed by atoms with van der Waals surface area (Å²) in [7, 11) is 0. The Bertz CT molecular complexity index is 1130. The molecule has 0 bridgehead atoms. The molecule has 1 amide bonds. The second-order valence-corrected chi connectivity index (χ2v) is 11.6. The van der Waals surface area contributed by atoms with Gasteiger partial charge in [-0.15, -0.1) is 5.10 Å². The van der Waals surface area contributed by atoms with E-state index in [1.165, 1.54) is 12.8 Å². The second-order valence-electron chi connectivity index (χ2n) is 10.7. The van der Waals surface area contributed by atoms with Crippen LogP contribution in [0, 0.1) is 0 Å². The van der Waals surface area contributed by atoms with Crippen LogP contribution >= 0.6 is 11.3 Å². The van der Waals surface area contributed by atoms with E-state index in [9.17, 15) is 4.79 Å². The molecule has 0 radical (unpaired) electrons. The predicted octanol–water partition coefficient (Wildman–Crippen LogP) is 4.19. The molecule has 0 aliphatic carbocycles. The first-order valence-corrected chi connectivity index (χ1v) is 13.7. The first-order valence-electron chi connectivity index (χ1n) is 12.9. The molecule has 2 saturated heterocycles. The number of rotatable bonds is 5. The number of hydrogen-bond acceptors (Lipinski definition) is 7. The van der Waals surface area contributed by atoms with Gasteiger partial charge >= 0.3 is 0 Å². The van der Waals surface area contributed by atoms with Gasteiger partial charge in [0.15, 0.2) is 5.82 Å². The van der Waals surface area contributed by atoms with E-state index in [0.29, 0.717) is 12.5 Å². The van der Waals surface area contributed by atoms with E-state index in [1.807, 2.05) is 22.7 Å². The fraction of sp³-hybridized carbons (Fsp3) is 0.577. The number of nitrogens with one attached hydrogen (secondary N) is 1. The van der Waals surface area contributed by atoms with Crippen LogP contribution in [0.25, 0.3) is 16.2 Å². The third-order valence-corrected chi connectivity index (χ3v) is 7.66. The van der Waals surface area contributed by atoms with Crippen molar-refractivity contribution < 1.29 is 4.79 Å². The number of anilines is 2. The largest absolute Gasteiger partial charge is 0.364 e. The van der Waals surface area contributed by atoms with Gasteiger partial charge in [-0.2, -0.15) is 4.52 Å². The van der Waals surface area contributed by atoms with Crippen LogP contribution in [0.1, 0.15) is 46.5 Å². The maximum atomic E-state index is 12.8. The maximum absolute atomic E-state index is 12.8. The monoisotopic (exact) mass is 495 g/mol. The fourth-order valence-electron chi connectivity index (χ4n) is 4.84. The Hall–Kier alpha value is -2.65. The molecule has 188 valence electrons. The van der Waals surface area contributed by atoms with Gasteiger partial charge in [0, 0.05) is 50.4 Å². The molecular weight excluding hydrogens is 458 g/mol. The normalized spacial score (nSPS) is 18.1. The second kappa shape index (κ2) is 10.1. The molecule has 0 spiro atoms. The molecule has 0 atom stereocenters. The molecule has 9 heteroatoms. The highest BCUT2D eigenvalue weighted by Crippen LogP contribution is 2.34. The number of imidazole rings is 1. The summed E-state index contributed by atoms with van der Waals surface area (Å²) in [6, 6.07) is 10.3. The number of piperazine rings is 1. The molecule has 4 heterocycles. The lowest BCUT2D eigenvalue weighted by Gasteiger charge is -2.35. The van der Waals surface area contributed by atoms with Crippen molar-refractivity contribution in [1.82, 2.24) is 24.4 Å². The lowest BCUT2D eigenvalue weighted by Crippen LogP contribution is -2.50. The van der Waals surface area contributed by atoms with Gasteiger partial charge in [-0.05, 0) is 33.6 Å². The number of carbonyl (C=O) groups excluding carboxylic acids is 1. The lowest BCUT2D eigenvalue weighted by molar-refractivity contribution is -0.132. The highest BCUT2D eigenvalue weighted by Gasteiger charge is 2.26. The minimum Gasteiger partial charge on any atom is -0.364 e. The molecule has 2 aliphatic rings. The number of fused-ring (bicyclic) bond motifs is 1. The Kier molecular flexibility index (Phi) is 6.98. The van der Waals surface area contributed by atoms with Gasteiger partial charge in [-0.25, -0.2) is 4.98 Å². The number of nitrogens with zero attached hydrogens (tertiary/aromatic N) is 6. The first-order chi connectivity index (χ1) is 16.9. The Balaban J connectivity index is 1.28. The van der Waals surface area contributed by atoms with Crippen molar-refractivity contribution in [2.45, 2.75) is 52.0 Å². The molecule has 0 unspecified atom stereocenters. The zero-order valence-corrected chi connectivity index (χ0v) is 22.0. The number of amides is 1. The Morgan fingerprint density at radius 3 is 2.31 bits per heavy atom. The van der Waals surface area contributed by atoms with Crippen molar-refractivity contribution in [3.05, 3.63) is 30.3 Å². The summed E-state index contributed by atoms with van der Waals surface area (Å²) in [6.07, 6.45) is 4.78. The van der Waals surface area contributed by atoms with E-state index in [1.54, 1.807) is 11.3 Å². The van der Waals surface area contributed by atoms with Gasteiger partial charge in [-0.3, -0.25) is 9.69 Å². The van der Waals surface area contributed by atoms with Crippen molar-refractivity contribution in [2.75, 3.05) is 56.0 Å². The summed E-state index contributed by atoms with van der Waals surface area (Å²) >= 11 is 1.63. The van der Waals surface area contributed by atoms with Gasteiger partial charge in [0.05, 0.1) is 6.54 Å². The molecule has 8 nitrogen and oxygen atoms in total. The average molecular weight is 496 g/mol. The van der Waals surface area contributed by atoms with Crippen molar-refractivity contribution in [2.24, 2.45) is 0 Å². The van der Waals surface area contributed by atoms with E-state index in [0.717, 1.165) is 79.3 Å². The van der Waals surface area contributed by atoms with E-state index in [2.05, 4.69) is 52.9 Å². The number of hydrogen-bond donors (Lipinski definition) is 1. The Morgan fingerprint density at radius 2 is 1.66 bits per heavy atom. The van der Waals surface area contributed by atoms with Gasteiger partial charge in [0.25, 0.3) is 0 Å². The highest BCUT2D eigenvalue weighted by atomic mass is 32.1. The summed E-state index contributed by atoms with van der Waals surface area (Å²) in [5, 5.41) is 9.59. The molecule has 1 N–H and O–H groups in total. The van der Waals surface area contributed by atoms with Crippen LogP contribution in [-0.4, -0.2) is 81.7 Å². The molecule has 2 fully saturated rings. The average Bonchev–Trinajstić information content (AvgIpc) is 3.25. The molecule has 3 aromatic rings. The third-order valence-electron chi connectivity index (χ3n) is 6.69. The smallest absolute Gasteiger partial charge is 0.236 e. The maximum Gasteiger partial charge on any atom is 0.236 e. The topological polar surface area (TPSA) is 69.0 Å². The number of aromatic nitrogens is 3. The summed E-state index contributed by atoms with van der Waals surface area (Å²) in [6.45, 7) is 12.3. The van der Waals surface area contributed by atoms with Crippen LogP contribution < -0.4 is 10.2 Å². The quantitative estimate of drug-likeness (QED) is 0.572. The van der Waals surface area contributed by atoms with Gasteiger partial charge < -0.3 is 15.1 Å². The van der Waals surface area contributed by atoms with Gasteiger partial charge in [0.1, 0.15) is 5.69 Å². The molecule has 2 aromatic heterocycles. The minimum atomic E-state index is -0.116. The molecule has 1 aromatic carbocycles. The Labute approximate surface area is 211 Å². The molecule has 5 rings (SSSR count). The zero-order valence-electron chi connectivity index (χ0n) is 21.2. The summed E-state index contributed by atoms with van der Waals surface area (Å²) in [4.78, 5) is 25.3. The van der Waals surface area contributed by atoms with Gasteiger partial charge in [0.2, 0.25) is 16.0 Å². The van der Waals surface area contributed by atoms with Crippen LogP contribution in [0.15, 0.2) is 30.3 Å². The zero-order chi connectivity index (χ0) is 24.4. The number of likely N-dealkylation sites (tertiary alicyclic amines) is 1. The molecule has 35 heavy (non-hydrogen) atoms. The summed E-state index contributed by atoms with van der Waals surface area (Å²) < 4.78 is 1.96. The van der Waals surface area contributed by atoms with Crippen molar-refractivity contribution in [3.63, 3.8) is 0 Å². The van der Waals surface area contributed by atoms with Crippen LogP contribution in [-0.2, 0) is 4.79 Å². The van der Waals surface area contributed by atoms with E-state index >= 15 is 0 Å². The highest BCUT2D eigenvalue weighted by molar-refractivity contribution is 7.20. The third kappa shape index (κ3) is 5.62. The van der Waals surface area contributed by atoms with E-state index in [-0.39, 0.29) is 5.54 Å². The summed E-state index contributed by atoms with van der Waals surface area (Å²) in [5.41, 5.74) is 1.90. The van der Waals surface area contributed by atoms with Crippen LogP contribution in [0.4, 0.5) is 10.9 Å². The first kappa shape index (κ1) is 24.1. The van der Waals surface area contributed by atoms with Crippen molar-refractivity contribution in [1.29, 1.82) is 0 Å². The standard InChI is InChI=1S/C26H37N7OS/c1-26(2,3)28-23-22(20-11-7-6-8-12-20)27-24-33(23)29-25(35-24)32-17-15-30(16-18-32)19-21(34)31-13-9-4-5-10-14-31/h6-8,11-12,28H,4-5,9-10,13-19H2,1-3H3. The van der Waals surface area contributed by atoms with E-state index in [4.69, 9.17) is 10.1 Å². The molecular formula is C26H37N7OS. The molecule has 2 aliphatic heterocycles. The Morgan fingerprint density at radius 1 is 0.971 bits per heavy atom. The van der Waals surface area contributed by atoms with Crippen LogP contribution in [0.2, 0.25) is 0 Å². The predicted molar refractivity (Wildman–Crippen MR) is 143 cm³/mol.